The highest BCUT2D eigenvalue weighted by Gasteiger charge is 2.42. The maximum Gasteiger partial charge on any atom is 0.336 e. The van der Waals surface area contributed by atoms with Crippen molar-refractivity contribution in [3.05, 3.63) is 87.3 Å². The fourth-order valence-electron chi connectivity index (χ4n) is 4.67. The fourth-order valence-corrected chi connectivity index (χ4v) is 4.67. The molecule has 0 saturated carbocycles. The third kappa shape index (κ3) is 5.16. The molecule has 11 heteroatoms. The van der Waals surface area contributed by atoms with Gasteiger partial charge in [0.25, 0.3) is 0 Å². The number of ether oxygens (including phenoxy) is 2. The summed E-state index contributed by atoms with van der Waals surface area (Å²) in [6, 6.07) is 5.60. The molecule has 2 heterocycles. The van der Waals surface area contributed by atoms with Gasteiger partial charge in [0.1, 0.15) is 18.5 Å². The number of hydrogen-bond acceptors (Lipinski definition) is 7. The molecule has 2 aromatic carbocycles. The van der Waals surface area contributed by atoms with Gasteiger partial charge in [0.2, 0.25) is 0 Å². The SMILES string of the molecule is COC(=O)C1=CNC2=C(C(=O)CN(CC(O)COc3cccc(C)c3C)C2)C1c1c(F)c(F)cc(F)c1F. The monoisotopic (exact) mass is 534 g/mol. The van der Waals surface area contributed by atoms with Gasteiger partial charge in [-0.05, 0) is 31.0 Å². The number of rotatable bonds is 7. The van der Waals surface area contributed by atoms with E-state index in [1.54, 1.807) is 11.0 Å². The van der Waals surface area contributed by atoms with E-state index in [2.05, 4.69) is 10.1 Å². The van der Waals surface area contributed by atoms with Gasteiger partial charge in [0, 0.05) is 42.2 Å². The number of hydrogen-bond donors (Lipinski definition) is 2. The summed E-state index contributed by atoms with van der Waals surface area (Å²) in [4.78, 5) is 27.2. The average molecular weight is 535 g/mol. The van der Waals surface area contributed by atoms with Crippen molar-refractivity contribution in [1.82, 2.24) is 10.2 Å². The molecule has 2 unspecified atom stereocenters. The van der Waals surface area contributed by atoms with E-state index >= 15 is 0 Å². The van der Waals surface area contributed by atoms with Gasteiger partial charge < -0.3 is 19.9 Å². The highest BCUT2D eigenvalue weighted by atomic mass is 19.2. The van der Waals surface area contributed by atoms with Crippen LogP contribution in [0.4, 0.5) is 17.6 Å². The molecule has 2 aliphatic heterocycles. The smallest absolute Gasteiger partial charge is 0.336 e. The van der Waals surface area contributed by atoms with Crippen LogP contribution in [0.25, 0.3) is 0 Å². The van der Waals surface area contributed by atoms with E-state index in [9.17, 15) is 32.3 Å². The van der Waals surface area contributed by atoms with Gasteiger partial charge in [-0.1, -0.05) is 12.1 Å². The van der Waals surface area contributed by atoms with Crippen LogP contribution in [0.3, 0.4) is 0 Å². The van der Waals surface area contributed by atoms with Crippen LogP contribution in [0.15, 0.2) is 47.3 Å². The molecule has 38 heavy (non-hydrogen) atoms. The quantitative estimate of drug-likeness (QED) is 0.321. The van der Waals surface area contributed by atoms with Gasteiger partial charge >= 0.3 is 5.97 Å². The molecule has 2 N–H and O–H groups in total. The number of carbonyl (C=O) groups is 2. The summed E-state index contributed by atoms with van der Waals surface area (Å²) in [5.41, 5.74) is 0.427. The predicted octanol–water partition coefficient (Wildman–Crippen LogP) is 3.18. The summed E-state index contributed by atoms with van der Waals surface area (Å²) < 4.78 is 68.2. The van der Waals surface area contributed by atoms with Gasteiger partial charge in [-0.25, -0.2) is 22.4 Å². The molecule has 2 atom stereocenters. The number of β-amino-alcohol motifs (C(OH)–C–C–N with tert-alkyl or cyclic N) is 1. The Balaban J connectivity index is 1.59. The number of aliphatic hydroxyl groups excluding tert-OH is 1. The molecule has 4 rings (SSSR count). The number of dihydropyridines is 1. The average Bonchev–Trinajstić information content (AvgIpc) is 2.88. The van der Waals surface area contributed by atoms with Gasteiger partial charge in [0.15, 0.2) is 29.1 Å². The molecule has 0 spiro atoms. The molecular weight excluding hydrogens is 508 g/mol. The molecule has 0 bridgehead atoms. The first-order valence-electron chi connectivity index (χ1n) is 11.8. The number of methoxy groups -OCH3 is 1. The Morgan fingerprint density at radius 3 is 2.50 bits per heavy atom. The topological polar surface area (TPSA) is 88.1 Å². The zero-order chi connectivity index (χ0) is 27.7. The van der Waals surface area contributed by atoms with Crippen LogP contribution < -0.4 is 10.1 Å². The first-order chi connectivity index (χ1) is 18.0. The maximum atomic E-state index is 14.8. The second-order valence-electron chi connectivity index (χ2n) is 9.20. The van der Waals surface area contributed by atoms with E-state index in [1.165, 1.54) is 0 Å². The third-order valence-corrected chi connectivity index (χ3v) is 6.69. The second-order valence-corrected chi connectivity index (χ2v) is 9.20. The Morgan fingerprint density at radius 2 is 1.84 bits per heavy atom. The minimum absolute atomic E-state index is 0.0180. The van der Waals surface area contributed by atoms with Crippen LogP contribution in [-0.4, -0.2) is 61.2 Å². The van der Waals surface area contributed by atoms with Crippen LogP contribution in [-0.2, 0) is 14.3 Å². The van der Waals surface area contributed by atoms with Crippen molar-refractivity contribution in [2.45, 2.75) is 25.9 Å². The lowest BCUT2D eigenvalue weighted by Crippen LogP contribution is -2.47. The van der Waals surface area contributed by atoms with E-state index in [4.69, 9.17) is 4.74 Å². The molecule has 0 radical (unpaired) electrons. The molecule has 0 amide bonds. The van der Waals surface area contributed by atoms with Crippen LogP contribution in [0.1, 0.15) is 22.6 Å². The first kappa shape index (κ1) is 27.3. The Morgan fingerprint density at radius 1 is 1.16 bits per heavy atom. The number of carbonyl (C=O) groups excluding carboxylic acids is 2. The van der Waals surface area contributed by atoms with Gasteiger partial charge in [0.05, 0.1) is 25.1 Å². The lowest BCUT2D eigenvalue weighted by atomic mass is 9.78. The van der Waals surface area contributed by atoms with Gasteiger partial charge in [-0.2, -0.15) is 0 Å². The minimum Gasteiger partial charge on any atom is -0.491 e. The third-order valence-electron chi connectivity index (χ3n) is 6.69. The van der Waals surface area contributed by atoms with E-state index in [0.29, 0.717) is 5.75 Å². The summed E-state index contributed by atoms with van der Waals surface area (Å²) in [6.07, 6.45) is 0.103. The zero-order valence-electron chi connectivity index (χ0n) is 20.9. The van der Waals surface area contributed by atoms with Crippen molar-refractivity contribution in [1.29, 1.82) is 0 Å². The lowest BCUT2D eigenvalue weighted by molar-refractivity contribution is -0.136. The number of aryl methyl sites for hydroxylation is 1. The van der Waals surface area contributed by atoms with Crippen molar-refractivity contribution >= 4 is 11.8 Å². The number of nitrogens with zero attached hydrogens (tertiary/aromatic N) is 1. The summed E-state index contributed by atoms with van der Waals surface area (Å²) in [5.74, 6) is -9.57. The molecule has 0 aromatic heterocycles. The Hall–Kier alpha value is -3.70. The summed E-state index contributed by atoms with van der Waals surface area (Å²) in [6.45, 7) is 3.53. The van der Waals surface area contributed by atoms with Gasteiger partial charge in [-0.15, -0.1) is 0 Å². The van der Waals surface area contributed by atoms with E-state index in [-0.39, 0.29) is 43.6 Å². The second kappa shape index (κ2) is 11.0. The number of Topliss-reactive ketones (excluding diaryl/α,β-unsaturated/α-hetero) is 1. The number of nitrogens with one attached hydrogen (secondary N) is 1. The molecule has 0 fully saturated rings. The standard InChI is InChI=1S/C27H26F4N2O5/c1-13-5-4-6-21(14(13)2)38-12-15(34)9-33-10-19-23(20(35)11-33)22(16(8-32-19)27(36)37-3)24-25(30)17(28)7-18(29)26(24)31/h4-8,15,22,32,34H,9-12H2,1-3H3. The molecule has 7 nitrogen and oxygen atoms in total. The molecule has 0 aliphatic carbocycles. The number of esters is 1. The maximum absolute atomic E-state index is 14.8. The van der Waals surface area contributed by atoms with E-state index in [1.807, 2.05) is 26.0 Å². The molecule has 202 valence electrons. The van der Waals surface area contributed by atoms with Crippen molar-refractivity contribution in [2.24, 2.45) is 0 Å². The van der Waals surface area contributed by atoms with Crippen LogP contribution >= 0.6 is 0 Å². The van der Waals surface area contributed by atoms with E-state index in [0.717, 1.165) is 24.4 Å². The summed E-state index contributed by atoms with van der Waals surface area (Å²) in [5, 5.41) is 13.3. The highest BCUT2D eigenvalue weighted by Crippen LogP contribution is 2.41. The fraction of sp³-hybridized carbons (Fsp3) is 0.333. The number of aliphatic hydroxyl groups is 1. The van der Waals surface area contributed by atoms with Crippen molar-refractivity contribution in [3.8, 4) is 5.75 Å². The Bertz CT molecular complexity index is 1330. The van der Waals surface area contributed by atoms with E-state index < -0.39 is 58.2 Å². The van der Waals surface area contributed by atoms with Crippen LogP contribution in [0, 0.1) is 37.1 Å². The molecule has 0 saturated heterocycles. The lowest BCUT2D eigenvalue weighted by Gasteiger charge is -2.36. The highest BCUT2D eigenvalue weighted by molar-refractivity contribution is 6.04. The molecule has 2 aliphatic rings. The Kier molecular flexibility index (Phi) is 7.89. The number of benzene rings is 2. The van der Waals surface area contributed by atoms with Gasteiger partial charge in [-0.3, -0.25) is 9.69 Å². The Labute approximate surface area is 216 Å². The van der Waals surface area contributed by atoms with Crippen molar-refractivity contribution < 1.29 is 41.7 Å². The normalized spacial score (nSPS) is 18.5. The van der Waals surface area contributed by atoms with Crippen molar-refractivity contribution in [2.75, 3.05) is 33.4 Å². The zero-order valence-corrected chi connectivity index (χ0v) is 20.9. The minimum atomic E-state index is -1.74. The summed E-state index contributed by atoms with van der Waals surface area (Å²) in [7, 11) is 1.02. The molecular formula is C27H26F4N2O5. The number of ketones is 1. The molecule has 2 aromatic rings. The first-order valence-corrected chi connectivity index (χ1v) is 11.8. The number of halogens is 4. The van der Waals surface area contributed by atoms with Crippen molar-refractivity contribution in [3.63, 3.8) is 0 Å². The largest absolute Gasteiger partial charge is 0.491 e. The summed E-state index contributed by atoms with van der Waals surface area (Å²) >= 11 is 0. The van der Waals surface area contributed by atoms with Crippen LogP contribution in [0.5, 0.6) is 5.75 Å². The predicted molar refractivity (Wildman–Crippen MR) is 128 cm³/mol. The van der Waals surface area contributed by atoms with Crippen LogP contribution in [0.2, 0.25) is 0 Å².